The molecule has 1 rings (SSSR count). The predicted molar refractivity (Wildman–Crippen MR) is 55.3 cm³/mol. The number of nitrogens with one attached hydrogen (secondary N) is 1. The largest absolute Gasteiger partial charge is 0.477 e. The molecule has 0 radical (unpaired) electrons. The molecule has 0 aliphatic carbocycles. The number of amides is 1. The van der Waals surface area contributed by atoms with E-state index in [-0.39, 0.29) is 9.88 Å². The van der Waals surface area contributed by atoms with E-state index in [0.29, 0.717) is 5.56 Å². The average Bonchev–Trinajstić information content (AvgIpc) is 2.42. The van der Waals surface area contributed by atoms with Gasteiger partial charge in [0.2, 0.25) is 5.91 Å². The molecule has 0 aromatic carbocycles. The first-order valence-corrected chi connectivity index (χ1v) is 5.21. The molecular weight excluding hydrogens is 259 g/mol. The van der Waals surface area contributed by atoms with E-state index < -0.39 is 24.5 Å². The van der Waals surface area contributed by atoms with Gasteiger partial charge in [-0.25, -0.2) is 4.79 Å². The molecule has 0 unspecified atom stereocenters. The van der Waals surface area contributed by atoms with Crippen LogP contribution in [-0.2, 0) is 4.79 Å². The fourth-order valence-electron chi connectivity index (χ4n) is 1.12. The molecule has 0 atom stereocenters. The Morgan fingerprint density at radius 2 is 2.06 bits per heavy atom. The van der Waals surface area contributed by atoms with Gasteiger partial charge in [-0.05, 0) is 18.6 Å². The van der Waals surface area contributed by atoms with Crippen LogP contribution in [0, 0.1) is 6.92 Å². The van der Waals surface area contributed by atoms with Crippen molar-refractivity contribution in [2.24, 2.45) is 0 Å². The van der Waals surface area contributed by atoms with Crippen molar-refractivity contribution in [2.75, 3.05) is 5.32 Å². The molecule has 0 fully saturated rings. The summed E-state index contributed by atoms with van der Waals surface area (Å²) in [6.45, 7) is 1.50. The van der Waals surface area contributed by atoms with Gasteiger partial charge in [0.15, 0.2) is 0 Å². The van der Waals surface area contributed by atoms with Crippen molar-refractivity contribution in [1.29, 1.82) is 0 Å². The van der Waals surface area contributed by atoms with Gasteiger partial charge in [-0.1, -0.05) is 0 Å². The zero-order valence-electron chi connectivity index (χ0n) is 8.59. The number of carbonyl (C=O) groups excluding carboxylic acids is 1. The third-order valence-corrected chi connectivity index (χ3v) is 2.88. The summed E-state index contributed by atoms with van der Waals surface area (Å²) in [5.41, 5.74) is 0.393. The minimum Gasteiger partial charge on any atom is -0.477 e. The number of carboxylic acid groups (broad SMARTS) is 1. The topological polar surface area (TPSA) is 66.4 Å². The summed E-state index contributed by atoms with van der Waals surface area (Å²) >= 11 is 0.723. The lowest BCUT2D eigenvalue weighted by Gasteiger charge is -2.05. The third kappa shape index (κ3) is 4.06. The first kappa shape index (κ1) is 13.5. The Morgan fingerprint density at radius 3 is 2.47 bits per heavy atom. The molecule has 0 aliphatic rings. The number of anilines is 1. The number of aromatic carboxylic acids is 1. The molecular formula is C9H8F3NO3S. The zero-order valence-corrected chi connectivity index (χ0v) is 9.41. The number of rotatable bonds is 3. The molecule has 1 aromatic heterocycles. The quantitative estimate of drug-likeness (QED) is 0.884. The molecule has 94 valence electrons. The van der Waals surface area contributed by atoms with Crippen molar-refractivity contribution < 1.29 is 27.9 Å². The first-order chi connectivity index (χ1) is 7.69. The van der Waals surface area contributed by atoms with Crippen LogP contribution < -0.4 is 5.32 Å². The second kappa shape index (κ2) is 4.74. The normalized spacial score (nSPS) is 11.3. The van der Waals surface area contributed by atoms with Crippen LogP contribution >= 0.6 is 11.3 Å². The van der Waals surface area contributed by atoms with E-state index in [1.165, 1.54) is 13.0 Å². The van der Waals surface area contributed by atoms with Gasteiger partial charge in [0.05, 0.1) is 5.00 Å². The van der Waals surface area contributed by atoms with Crippen molar-refractivity contribution in [2.45, 2.75) is 19.5 Å². The van der Waals surface area contributed by atoms with Crippen LogP contribution in [0.3, 0.4) is 0 Å². The van der Waals surface area contributed by atoms with E-state index in [0.717, 1.165) is 11.3 Å². The van der Waals surface area contributed by atoms with Crippen molar-refractivity contribution >= 4 is 28.2 Å². The lowest BCUT2D eigenvalue weighted by atomic mass is 10.3. The summed E-state index contributed by atoms with van der Waals surface area (Å²) in [7, 11) is 0. The second-order valence-electron chi connectivity index (χ2n) is 3.27. The molecule has 4 nitrogen and oxygen atoms in total. The molecule has 8 heteroatoms. The summed E-state index contributed by atoms with van der Waals surface area (Å²) in [5, 5.41) is 10.8. The highest BCUT2D eigenvalue weighted by Gasteiger charge is 2.31. The Kier molecular flexibility index (Phi) is 3.76. The summed E-state index contributed by atoms with van der Waals surface area (Å²) in [5.74, 6) is -2.39. The van der Waals surface area contributed by atoms with E-state index >= 15 is 0 Å². The fourth-order valence-corrected chi connectivity index (χ4v) is 2.05. The highest BCUT2D eigenvalue weighted by atomic mass is 32.1. The van der Waals surface area contributed by atoms with E-state index in [9.17, 15) is 22.8 Å². The molecule has 0 bridgehead atoms. The van der Waals surface area contributed by atoms with Crippen LogP contribution in [0.4, 0.5) is 18.2 Å². The maximum atomic E-state index is 11.9. The van der Waals surface area contributed by atoms with Gasteiger partial charge in [-0.3, -0.25) is 4.79 Å². The number of hydrogen-bond donors (Lipinski definition) is 2. The number of aryl methyl sites for hydroxylation is 1. The molecule has 0 aliphatic heterocycles. The Hall–Kier alpha value is -1.57. The van der Waals surface area contributed by atoms with Gasteiger partial charge in [0.25, 0.3) is 0 Å². The third-order valence-electron chi connectivity index (χ3n) is 1.74. The number of alkyl halides is 3. The van der Waals surface area contributed by atoms with Gasteiger partial charge in [-0.2, -0.15) is 13.2 Å². The van der Waals surface area contributed by atoms with Gasteiger partial charge in [-0.15, -0.1) is 11.3 Å². The molecule has 0 spiro atoms. The standard InChI is InChI=1S/C9H8F3NO3S/c1-4-2-6(17-7(4)8(15)16)13-5(14)3-9(10,11)12/h2H,3H2,1H3,(H,13,14)(H,15,16). The number of hydrogen-bond acceptors (Lipinski definition) is 3. The van der Waals surface area contributed by atoms with Crippen molar-refractivity contribution in [1.82, 2.24) is 0 Å². The molecule has 1 heterocycles. The lowest BCUT2D eigenvalue weighted by molar-refractivity contribution is -0.150. The number of carbonyl (C=O) groups is 2. The van der Waals surface area contributed by atoms with Crippen molar-refractivity contribution in [3.8, 4) is 0 Å². The van der Waals surface area contributed by atoms with Crippen LogP contribution in [0.1, 0.15) is 21.7 Å². The van der Waals surface area contributed by atoms with Crippen molar-refractivity contribution in [3.05, 3.63) is 16.5 Å². The Labute approximate surface area is 98.1 Å². The Balaban J connectivity index is 2.73. The van der Waals surface area contributed by atoms with Crippen LogP contribution in [-0.4, -0.2) is 23.2 Å². The first-order valence-electron chi connectivity index (χ1n) is 4.39. The monoisotopic (exact) mass is 267 g/mol. The van der Waals surface area contributed by atoms with E-state index in [1.807, 2.05) is 5.32 Å². The predicted octanol–water partition coefficient (Wildman–Crippen LogP) is 2.65. The van der Waals surface area contributed by atoms with E-state index in [1.54, 1.807) is 0 Å². The van der Waals surface area contributed by atoms with Crippen LogP contribution in [0.2, 0.25) is 0 Å². The number of halogens is 3. The molecule has 0 saturated carbocycles. The second-order valence-corrected chi connectivity index (χ2v) is 4.32. The van der Waals surface area contributed by atoms with Crippen LogP contribution in [0.5, 0.6) is 0 Å². The van der Waals surface area contributed by atoms with Gasteiger partial charge < -0.3 is 10.4 Å². The molecule has 2 N–H and O–H groups in total. The fraction of sp³-hybridized carbons (Fsp3) is 0.333. The maximum absolute atomic E-state index is 11.9. The highest BCUT2D eigenvalue weighted by Crippen LogP contribution is 2.27. The Morgan fingerprint density at radius 1 is 1.47 bits per heavy atom. The SMILES string of the molecule is Cc1cc(NC(=O)CC(F)(F)F)sc1C(=O)O. The van der Waals surface area contributed by atoms with Gasteiger partial charge in [0, 0.05) is 0 Å². The lowest BCUT2D eigenvalue weighted by Crippen LogP contribution is -2.20. The Bertz CT molecular complexity index is 453. The van der Waals surface area contributed by atoms with Crippen LogP contribution in [0.25, 0.3) is 0 Å². The van der Waals surface area contributed by atoms with E-state index in [4.69, 9.17) is 5.11 Å². The maximum Gasteiger partial charge on any atom is 0.397 e. The number of thiophene rings is 1. The summed E-state index contributed by atoms with van der Waals surface area (Å²) in [6.07, 6.45) is -6.17. The number of carboxylic acids is 1. The van der Waals surface area contributed by atoms with Gasteiger partial charge >= 0.3 is 12.1 Å². The summed E-state index contributed by atoms with van der Waals surface area (Å²) < 4.78 is 35.6. The molecule has 1 aromatic rings. The van der Waals surface area contributed by atoms with Crippen LogP contribution in [0.15, 0.2) is 6.07 Å². The smallest absolute Gasteiger partial charge is 0.397 e. The summed E-state index contributed by atoms with van der Waals surface area (Å²) in [6, 6.07) is 1.32. The zero-order chi connectivity index (χ0) is 13.2. The summed E-state index contributed by atoms with van der Waals surface area (Å²) in [4.78, 5) is 21.6. The molecule has 0 saturated heterocycles. The van der Waals surface area contributed by atoms with Crippen molar-refractivity contribution in [3.63, 3.8) is 0 Å². The average molecular weight is 267 g/mol. The van der Waals surface area contributed by atoms with E-state index in [2.05, 4.69) is 0 Å². The minimum atomic E-state index is -4.58. The molecule has 17 heavy (non-hydrogen) atoms. The molecule has 1 amide bonds. The highest BCUT2D eigenvalue weighted by molar-refractivity contribution is 7.18. The minimum absolute atomic E-state index is 0.00712. The van der Waals surface area contributed by atoms with Gasteiger partial charge in [0.1, 0.15) is 11.3 Å².